The predicted octanol–water partition coefficient (Wildman–Crippen LogP) is 6.02. The molecule has 0 aliphatic heterocycles. The standard InChI is InChI=1S/C16H9Cl3N2OS/c17-9-5-6-13(19)11(7-9)14-8-23-16(20-14)21-15(22)10-3-1-2-4-12(10)18/h1-8H,(H,20,21,22). The van der Waals surface area contributed by atoms with Crippen molar-refractivity contribution in [1.82, 2.24) is 4.98 Å². The van der Waals surface area contributed by atoms with Gasteiger partial charge in [-0.15, -0.1) is 11.3 Å². The summed E-state index contributed by atoms with van der Waals surface area (Å²) in [4.78, 5) is 16.6. The minimum Gasteiger partial charge on any atom is -0.298 e. The minimum absolute atomic E-state index is 0.311. The zero-order chi connectivity index (χ0) is 16.4. The van der Waals surface area contributed by atoms with E-state index in [9.17, 15) is 4.79 Å². The Labute approximate surface area is 151 Å². The van der Waals surface area contributed by atoms with Crippen LogP contribution in [0.3, 0.4) is 0 Å². The van der Waals surface area contributed by atoms with Gasteiger partial charge in [-0.05, 0) is 30.3 Å². The lowest BCUT2D eigenvalue weighted by Gasteiger charge is -2.04. The number of anilines is 1. The third-order valence-electron chi connectivity index (χ3n) is 3.05. The number of hydrogen-bond acceptors (Lipinski definition) is 3. The maximum absolute atomic E-state index is 12.2. The van der Waals surface area contributed by atoms with Crippen LogP contribution in [-0.4, -0.2) is 10.9 Å². The zero-order valence-electron chi connectivity index (χ0n) is 11.5. The maximum atomic E-state index is 12.2. The van der Waals surface area contributed by atoms with E-state index in [-0.39, 0.29) is 5.91 Å². The maximum Gasteiger partial charge on any atom is 0.258 e. The third kappa shape index (κ3) is 3.67. The van der Waals surface area contributed by atoms with Crippen LogP contribution in [0.4, 0.5) is 5.13 Å². The second-order valence-corrected chi connectivity index (χ2v) is 6.70. The van der Waals surface area contributed by atoms with E-state index >= 15 is 0 Å². The molecule has 1 aromatic heterocycles. The van der Waals surface area contributed by atoms with E-state index in [1.807, 2.05) is 0 Å². The van der Waals surface area contributed by atoms with Gasteiger partial charge in [0.15, 0.2) is 5.13 Å². The van der Waals surface area contributed by atoms with Crippen molar-refractivity contribution in [2.75, 3.05) is 5.32 Å². The molecule has 0 unspecified atom stereocenters. The fourth-order valence-corrected chi connectivity index (χ4v) is 3.27. The summed E-state index contributed by atoms with van der Waals surface area (Å²) in [6.45, 7) is 0. The Bertz CT molecular complexity index is 879. The van der Waals surface area contributed by atoms with E-state index in [0.29, 0.717) is 37.0 Å². The second-order valence-electron chi connectivity index (χ2n) is 4.60. The van der Waals surface area contributed by atoms with Crippen molar-refractivity contribution in [1.29, 1.82) is 0 Å². The van der Waals surface area contributed by atoms with Crippen molar-refractivity contribution in [2.45, 2.75) is 0 Å². The first-order valence-electron chi connectivity index (χ1n) is 6.51. The zero-order valence-corrected chi connectivity index (χ0v) is 14.6. The molecule has 3 nitrogen and oxygen atoms in total. The molecule has 0 fully saturated rings. The van der Waals surface area contributed by atoms with Crippen molar-refractivity contribution >= 4 is 57.2 Å². The van der Waals surface area contributed by atoms with Crippen molar-refractivity contribution in [2.24, 2.45) is 0 Å². The molecule has 0 saturated heterocycles. The molecule has 0 aliphatic carbocycles. The molecular weight excluding hydrogens is 375 g/mol. The highest BCUT2D eigenvalue weighted by Gasteiger charge is 2.13. The summed E-state index contributed by atoms with van der Waals surface area (Å²) in [5.74, 6) is -0.311. The van der Waals surface area contributed by atoms with Gasteiger partial charge in [0.2, 0.25) is 0 Å². The van der Waals surface area contributed by atoms with Gasteiger partial charge in [-0.25, -0.2) is 4.98 Å². The molecule has 0 spiro atoms. The Morgan fingerprint density at radius 2 is 1.83 bits per heavy atom. The molecule has 1 N–H and O–H groups in total. The molecule has 116 valence electrons. The van der Waals surface area contributed by atoms with E-state index in [2.05, 4.69) is 10.3 Å². The molecular formula is C16H9Cl3N2OS. The molecule has 0 atom stereocenters. The topological polar surface area (TPSA) is 42.0 Å². The largest absolute Gasteiger partial charge is 0.298 e. The summed E-state index contributed by atoms with van der Waals surface area (Å²) in [7, 11) is 0. The summed E-state index contributed by atoms with van der Waals surface area (Å²) in [5, 5.41) is 6.50. The van der Waals surface area contributed by atoms with E-state index < -0.39 is 0 Å². The van der Waals surface area contributed by atoms with Crippen LogP contribution in [0, 0.1) is 0 Å². The highest BCUT2D eigenvalue weighted by atomic mass is 35.5. The summed E-state index contributed by atoms with van der Waals surface area (Å²) >= 11 is 19.5. The second kappa shape index (κ2) is 6.89. The number of halogens is 3. The van der Waals surface area contributed by atoms with Crippen molar-refractivity contribution in [3.63, 3.8) is 0 Å². The first-order valence-corrected chi connectivity index (χ1v) is 8.53. The van der Waals surface area contributed by atoms with E-state index in [4.69, 9.17) is 34.8 Å². The first-order chi connectivity index (χ1) is 11.0. The van der Waals surface area contributed by atoms with Gasteiger partial charge in [-0.2, -0.15) is 0 Å². The number of aromatic nitrogens is 1. The fourth-order valence-electron chi connectivity index (χ4n) is 1.96. The molecule has 0 radical (unpaired) electrons. The summed E-state index contributed by atoms with van der Waals surface area (Å²) in [6.07, 6.45) is 0. The molecule has 3 rings (SSSR count). The Hall–Kier alpha value is -1.59. The van der Waals surface area contributed by atoms with Crippen LogP contribution >= 0.6 is 46.1 Å². The monoisotopic (exact) mass is 382 g/mol. The normalized spacial score (nSPS) is 10.6. The number of thiazole rings is 1. The minimum atomic E-state index is -0.311. The van der Waals surface area contributed by atoms with Crippen LogP contribution in [0.1, 0.15) is 10.4 Å². The molecule has 1 heterocycles. The van der Waals surface area contributed by atoms with Gasteiger partial charge in [0.05, 0.1) is 21.3 Å². The van der Waals surface area contributed by atoms with Crippen molar-refractivity contribution in [3.8, 4) is 11.3 Å². The van der Waals surface area contributed by atoms with Gasteiger partial charge in [0.1, 0.15) is 0 Å². The van der Waals surface area contributed by atoms with E-state index in [1.54, 1.807) is 47.8 Å². The number of nitrogens with zero attached hydrogens (tertiary/aromatic N) is 1. The van der Waals surface area contributed by atoms with Crippen LogP contribution in [0.25, 0.3) is 11.3 Å². The number of hydrogen-bond donors (Lipinski definition) is 1. The van der Waals surface area contributed by atoms with Gasteiger partial charge in [-0.1, -0.05) is 46.9 Å². The van der Waals surface area contributed by atoms with Gasteiger partial charge in [-0.3, -0.25) is 10.1 Å². The molecule has 23 heavy (non-hydrogen) atoms. The summed E-state index contributed by atoms with van der Waals surface area (Å²) < 4.78 is 0. The number of carbonyl (C=O) groups excluding carboxylic acids is 1. The molecule has 0 bridgehead atoms. The highest BCUT2D eigenvalue weighted by Crippen LogP contribution is 2.32. The van der Waals surface area contributed by atoms with E-state index in [1.165, 1.54) is 11.3 Å². The average Bonchev–Trinajstić information content (AvgIpc) is 2.98. The molecule has 3 aromatic rings. The Balaban J connectivity index is 1.84. The van der Waals surface area contributed by atoms with Crippen LogP contribution in [0.5, 0.6) is 0 Å². The van der Waals surface area contributed by atoms with Crippen LogP contribution in [0.2, 0.25) is 15.1 Å². The smallest absolute Gasteiger partial charge is 0.258 e. The highest BCUT2D eigenvalue weighted by molar-refractivity contribution is 7.14. The lowest BCUT2D eigenvalue weighted by Crippen LogP contribution is -2.12. The SMILES string of the molecule is O=C(Nc1nc(-c2cc(Cl)ccc2Cl)cs1)c1ccccc1Cl. The van der Waals surface area contributed by atoms with Crippen molar-refractivity contribution in [3.05, 3.63) is 68.5 Å². The van der Waals surface area contributed by atoms with Crippen LogP contribution in [0.15, 0.2) is 47.8 Å². The molecule has 1 amide bonds. The van der Waals surface area contributed by atoms with Crippen LogP contribution < -0.4 is 5.32 Å². The number of nitrogens with one attached hydrogen (secondary N) is 1. The number of amides is 1. The molecule has 2 aromatic carbocycles. The van der Waals surface area contributed by atoms with Gasteiger partial charge >= 0.3 is 0 Å². The molecule has 0 aliphatic rings. The number of rotatable bonds is 3. The quantitative estimate of drug-likeness (QED) is 0.600. The average molecular weight is 384 g/mol. The first kappa shape index (κ1) is 16.3. The third-order valence-corrected chi connectivity index (χ3v) is 4.70. The predicted molar refractivity (Wildman–Crippen MR) is 97.0 cm³/mol. The number of carbonyl (C=O) groups is 1. The Morgan fingerprint density at radius 3 is 2.61 bits per heavy atom. The lowest BCUT2D eigenvalue weighted by atomic mass is 10.2. The Morgan fingerprint density at radius 1 is 1.04 bits per heavy atom. The molecule has 7 heteroatoms. The fraction of sp³-hybridized carbons (Fsp3) is 0. The van der Waals surface area contributed by atoms with Crippen LogP contribution in [-0.2, 0) is 0 Å². The van der Waals surface area contributed by atoms with Crippen molar-refractivity contribution < 1.29 is 4.79 Å². The lowest BCUT2D eigenvalue weighted by molar-refractivity contribution is 0.102. The number of benzene rings is 2. The summed E-state index contributed by atoms with van der Waals surface area (Å²) in [5.41, 5.74) is 1.76. The molecule has 0 saturated carbocycles. The summed E-state index contributed by atoms with van der Waals surface area (Å²) in [6, 6.07) is 12.0. The van der Waals surface area contributed by atoms with E-state index in [0.717, 1.165) is 0 Å². The Kier molecular flexibility index (Phi) is 4.87. The van der Waals surface area contributed by atoms with Gasteiger partial charge in [0, 0.05) is 16.0 Å². The van der Waals surface area contributed by atoms with Gasteiger partial charge < -0.3 is 0 Å². The van der Waals surface area contributed by atoms with Gasteiger partial charge in [0.25, 0.3) is 5.91 Å².